The molecule has 2 N–H and O–H groups in total. The van der Waals surface area contributed by atoms with Crippen molar-refractivity contribution in [3.8, 4) is 11.3 Å². The Kier molecular flexibility index (Phi) is 2.96. The van der Waals surface area contributed by atoms with Crippen LogP contribution in [0.3, 0.4) is 0 Å². The van der Waals surface area contributed by atoms with E-state index in [1.54, 1.807) is 4.68 Å². The van der Waals surface area contributed by atoms with Gasteiger partial charge in [0.05, 0.1) is 6.04 Å². The Morgan fingerprint density at radius 3 is 2.69 bits per heavy atom. The Bertz CT molecular complexity index is 504. The first-order valence-corrected chi connectivity index (χ1v) is 5.85. The van der Waals surface area contributed by atoms with Crippen molar-refractivity contribution in [1.82, 2.24) is 15.0 Å². The first-order chi connectivity index (χ1) is 7.59. The van der Waals surface area contributed by atoms with Crippen molar-refractivity contribution in [1.29, 1.82) is 0 Å². The quantitative estimate of drug-likeness (QED) is 0.920. The Morgan fingerprint density at radius 1 is 1.38 bits per heavy atom. The van der Waals surface area contributed by atoms with Gasteiger partial charge >= 0.3 is 0 Å². The van der Waals surface area contributed by atoms with Crippen molar-refractivity contribution in [2.75, 3.05) is 5.73 Å². The predicted molar refractivity (Wildman–Crippen MR) is 68.0 cm³/mol. The maximum absolute atomic E-state index is 6.01. The molecule has 2 rings (SSSR count). The molecule has 0 amide bonds. The number of hydrogen-bond acceptors (Lipinski definition) is 3. The third-order valence-electron chi connectivity index (χ3n) is 2.32. The van der Waals surface area contributed by atoms with Gasteiger partial charge in [0.2, 0.25) is 0 Å². The summed E-state index contributed by atoms with van der Waals surface area (Å²) in [5.41, 5.74) is 7.71. The summed E-state index contributed by atoms with van der Waals surface area (Å²) in [7, 11) is 0. The van der Waals surface area contributed by atoms with E-state index in [4.69, 9.17) is 5.73 Å². The number of benzene rings is 1. The molecule has 5 heteroatoms. The van der Waals surface area contributed by atoms with Crippen LogP contribution in [0.15, 0.2) is 28.7 Å². The van der Waals surface area contributed by atoms with E-state index >= 15 is 0 Å². The summed E-state index contributed by atoms with van der Waals surface area (Å²) in [5.74, 6) is 0.605. The third kappa shape index (κ3) is 1.95. The van der Waals surface area contributed by atoms with E-state index < -0.39 is 0 Å². The molecule has 0 bridgehead atoms. The van der Waals surface area contributed by atoms with Crippen LogP contribution in [-0.2, 0) is 0 Å². The van der Waals surface area contributed by atoms with E-state index in [1.807, 2.05) is 38.1 Å². The van der Waals surface area contributed by atoms with Crippen LogP contribution in [0.2, 0.25) is 0 Å². The molecule has 0 radical (unpaired) electrons. The van der Waals surface area contributed by atoms with Gasteiger partial charge in [0, 0.05) is 10.0 Å². The summed E-state index contributed by atoms with van der Waals surface area (Å²) in [5, 5.41) is 8.16. The number of nitrogens with two attached hydrogens (primary N) is 1. The summed E-state index contributed by atoms with van der Waals surface area (Å²) in [6, 6.07) is 8.08. The first-order valence-electron chi connectivity index (χ1n) is 5.06. The minimum Gasteiger partial charge on any atom is -0.382 e. The van der Waals surface area contributed by atoms with E-state index in [0.717, 1.165) is 15.7 Å². The van der Waals surface area contributed by atoms with Crippen LogP contribution in [0.1, 0.15) is 19.9 Å². The van der Waals surface area contributed by atoms with E-state index in [1.165, 1.54) is 0 Å². The Hall–Kier alpha value is -1.36. The van der Waals surface area contributed by atoms with E-state index in [-0.39, 0.29) is 6.04 Å². The molecule has 0 aliphatic carbocycles. The number of anilines is 1. The fourth-order valence-corrected chi connectivity index (χ4v) is 1.92. The van der Waals surface area contributed by atoms with Crippen LogP contribution in [-0.4, -0.2) is 15.0 Å². The highest BCUT2D eigenvalue weighted by molar-refractivity contribution is 9.10. The highest BCUT2D eigenvalue weighted by atomic mass is 79.9. The lowest BCUT2D eigenvalue weighted by molar-refractivity contribution is 0.521. The van der Waals surface area contributed by atoms with Crippen LogP contribution in [0, 0.1) is 0 Å². The fraction of sp³-hybridized carbons (Fsp3) is 0.273. The van der Waals surface area contributed by atoms with Gasteiger partial charge in [-0.25, -0.2) is 4.68 Å². The number of nitrogen functional groups attached to an aromatic ring is 1. The zero-order chi connectivity index (χ0) is 11.7. The van der Waals surface area contributed by atoms with E-state index in [2.05, 4.69) is 26.2 Å². The Labute approximate surface area is 103 Å². The van der Waals surface area contributed by atoms with Gasteiger partial charge in [-0.2, -0.15) is 0 Å². The van der Waals surface area contributed by atoms with Crippen molar-refractivity contribution in [2.24, 2.45) is 0 Å². The molecule has 0 atom stereocenters. The molecule has 1 aromatic carbocycles. The SMILES string of the molecule is CC(C)n1nnc(-c2cccc(Br)c2)c1N. The molecule has 0 aliphatic rings. The second kappa shape index (κ2) is 4.25. The fourth-order valence-electron chi connectivity index (χ4n) is 1.52. The average Bonchev–Trinajstić information content (AvgIpc) is 2.60. The minimum absolute atomic E-state index is 0.216. The number of rotatable bonds is 2. The zero-order valence-corrected chi connectivity index (χ0v) is 10.8. The Morgan fingerprint density at radius 2 is 2.12 bits per heavy atom. The van der Waals surface area contributed by atoms with Gasteiger partial charge in [0.15, 0.2) is 5.82 Å². The van der Waals surface area contributed by atoms with Crippen molar-refractivity contribution in [2.45, 2.75) is 19.9 Å². The number of nitrogens with zero attached hydrogens (tertiary/aromatic N) is 3. The average molecular weight is 281 g/mol. The minimum atomic E-state index is 0.216. The second-order valence-electron chi connectivity index (χ2n) is 3.87. The largest absolute Gasteiger partial charge is 0.382 e. The summed E-state index contributed by atoms with van der Waals surface area (Å²) >= 11 is 3.42. The monoisotopic (exact) mass is 280 g/mol. The number of aromatic nitrogens is 3. The van der Waals surface area contributed by atoms with E-state index in [9.17, 15) is 0 Å². The van der Waals surface area contributed by atoms with Crippen molar-refractivity contribution in [3.63, 3.8) is 0 Å². The van der Waals surface area contributed by atoms with Crippen LogP contribution in [0.5, 0.6) is 0 Å². The van der Waals surface area contributed by atoms with Gasteiger partial charge in [-0.15, -0.1) is 5.10 Å². The standard InChI is InChI=1S/C11H13BrN4/c1-7(2)16-11(13)10(14-15-16)8-4-3-5-9(12)6-8/h3-7H,13H2,1-2H3. The van der Waals surface area contributed by atoms with Crippen LogP contribution >= 0.6 is 15.9 Å². The van der Waals surface area contributed by atoms with Gasteiger partial charge in [-0.05, 0) is 26.0 Å². The lowest BCUT2D eigenvalue weighted by Gasteiger charge is -2.06. The summed E-state index contributed by atoms with van der Waals surface area (Å²) in [6.45, 7) is 4.05. The zero-order valence-electron chi connectivity index (χ0n) is 9.18. The predicted octanol–water partition coefficient (Wildman–Crippen LogP) is 2.87. The highest BCUT2D eigenvalue weighted by Gasteiger charge is 2.13. The van der Waals surface area contributed by atoms with Crippen LogP contribution in [0.4, 0.5) is 5.82 Å². The van der Waals surface area contributed by atoms with Gasteiger partial charge < -0.3 is 5.73 Å². The molecule has 4 nitrogen and oxygen atoms in total. The molecule has 0 saturated carbocycles. The maximum Gasteiger partial charge on any atom is 0.150 e. The molecular formula is C11H13BrN4. The van der Waals surface area contributed by atoms with Crippen molar-refractivity contribution >= 4 is 21.7 Å². The molecule has 1 aromatic heterocycles. The van der Waals surface area contributed by atoms with Gasteiger partial charge in [-0.1, -0.05) is 33.3 Å². The third-order valence-corrected chi connectivity index (χ3v) is 2.81. The lowest BCUT2D eigenvalue weighted by Crippen LogP contribution is -2.07. The number of hydrogen-bond donors (Lipinski definition) is 1. The van der Waals surface area contributed by atoms with E-state index in [0.29, 0.717) is 5.82 Å². The van der Waals surface area contributed by atoms with Crippen molar-refractivity contribution < 1.29 is 0 Å². The van der Waals surface area contributed by atoms with Crippen LogP contribution in [0.25, 0.3) is 11.3 Å². The second-order valence-corrected chi connectivity index (χ2v) is 4.79. The summed E-state index contributed by atoms with van der Waals surface area (Å²) < 4.78 is 2.72. The molecule has 0 fully saturated rings. The Balaban J connectivity index is 2.49. The maximum atomic E-state index is 6.01. The number of halogens is 1. The molecular weight excluding hydrogens is 268 g/mol. The van der Waals surface area contributed by atoms with Gasteiger partial charge in [0.25, 0.3) is 0 Å². The van der Waals surface area contributed by atoms with Gasteiger partial charge in [0.1, 0.15) is 5.69 Å². The molecule has 0 aliphatic heterocycles. The molecule has 84 valence electrons. The first kappa shape index (κ1) is 11.1. The topological polar surface area (TPSA) is 56.7 Å². The highest BCUT2D eigenvalue weighted by Crippen LogP contribution is 2.26. The smallest absolute Gasteiger partial charge is 0.150 e. The molecule has 1 heterocycles. The molecule has 0 saturated heterocycles. The molecule has 2 aromatic rings. The molecule has 16 heavy (non-hydrogen) atoms. The van der Waals surface area contributed by atoms with Gasteiger partial charge in [-0.3, -0.25) is 0 Å². The lowest BCUT2D eigenvalue weighted by atomic mass is 10.1. The molecule has 0 unspecified atom stereocenters. The summed E-state index contributed by atoms with van der Waals surface area (Å²) in [4.78, 5) is 0. The summed E-state index contributed by atoms with van der Waals surface area (Å²) in [6.07, 6.45) is 0. The molecule has 0 spiro atoms. The normalized spacial score (nSPS) is 11.0. The van der Waals surface area contributed by atoms with Crippen LogP contribution < -0.4 is 5.73 Å². The van der Waals surface area contributed by atoms with Crippen molar-refractivity contribution in [3.05, 3.63) is 28.7 Å².